The summed E-state index contributed by atoms with van der Waals surface area (Å²) in [6, 6.07) is 0.474. The summed E-state index contributed by atoms with van der Waals surface area (Å²) in [5.41, 5.74) is 4.94. The Kier molecular flexibility index (Phi) is 5.62. The molecule has 6 heteroatoms. The Morgan fingerprint density at radius 3 is 3.06 bits per heavy atom. The topological polar surface area (TPSA) is 76.7 Å². The van der Waals surface area contributed by atoms with Crippen LogP contribution in [0.25, 0.3) is 0 Å². The fourth-order valence-corrected chi connectivity index (χ4v) is 2.71. The molecule has 1 rings (SSSR count). The summed E-state index contributed by atoms with van der Waals surface area (Å²) in [5.74, 6) is -0.444. The van der Waals surface area contributed by atoms with Gasteiger partial charge in [-0.1, -0.05) is 18.7 Å². The van der Waals surface area contributed by atoms with Crippen LogP contribution in [0.5, 0.6) is 0 Å². The number of ether oxygens (including phenoxy) is 1. The number of carbonyl (C=O) groups is 1. The van der Waals surface area contributed by atoms with Crippen molar-refractivity contribution in [1.29, 1.82) is 0 Å². The van der Waals surface area contributed by atoms with Crippen LogP contribution < -0.4 is 11.1 Å². The molecular formula is C10H19N3O2S. The number of amidine groups is 1. The van der Waals surface area contributed by atoms with Crippen molar-refractivity contribution >= 4 is 22.8 Å². The number of hydrogen-bond acceptors (Lipinski definition) is 4. The van der Waals surface area contributed by atoms with Gasteiger partial charge in [-0.2, -0.15) is 0 Å². The van der Waals surface area contributed by atoms with Gasteiger partial charge in [-0.05, 0) is 13.3 Å². The van der Waals surface area contributed by atoms with E-state index in [2.05, 4.69) is 24.2 Å². The number of carbonyl (C=O) groups excluding carboxylic acids is 1. The predicted octanol–water partition coefficient (Wildman–Crippen LogP) is 0.348. The van der Waals surface area contributed by atoms with Crippen LogP contribution in [0.2, 0.25) is 0 Å². The first-order chi connectivity index (χ1) is 7.58. The molecule has 1 heterocycles. The Labute approximate surface area is 100 Å². The lowest BCUT2D eigenvalue weighted by molar-refractivity contribution is -0.122. The molecule has 16 heavy (non-hydrogen) atoms. The van der Waals surface area contributed by atoms with Gasteiger partial charge in [-0.3, -0.25) is 9.79 Å². The molecule has 0 saturated carbocycles. The molecule has 0 aromatic rings. The highest BCUT2D eigenvalue weighted by Gasteiger charge is 2.19. The zero-order valence-corrected chi connectivity index (χ0v) is 10.5. The Morgan fingerprint density at radius 1 is 1.69 bits per heavy atom. The van der Waals surface area contributed by atoms with Gasteiger partial charge in [0.15, 0.2) is 5.17 Å². The minimum atomic E-state index is -0.444. The number of aliphatic imine (C=N–C) groups is 1. The van der Waals surface area contributed by atoms with E-state index in [-0.39, 0.29) is 6.61 Å². The summed E-state index contributed by atoms with van der Waals surface area (Å²) in [5, 5.41) is 4.88. The fourth-order valence-electron chi connectivity index (χ4n) is 1.51. The van der Waals surface area contributed by atoms with Gasteiger partial charge in [0.25, 0.3) is 0 Å². The van der Waals surface area contributed by atoms with E-state index in [1.165, 1.54) is 0 Å². The van der Waals surface area contributed by atoms with Crippen LogP contribution in [0, 0.1) is 0 Å². The van der Waals surface area contributed by atoms with Crippen molar-refractivity contribution in [3.8, 4) is 0 Å². The minimum absolute atomic E-state index is 0.0295. The second kappa shape index (κ2) is 6.75. The highest BCUT2D eigenvalue weighted by molar-refractivity contribution is 8.14. The molecule has 1 amide bonds. The van der Waals surface area contributed by atoms with E-state index < -0.39 is 5.91 Å². The Morgan fingerprint density at radius 2 is 2.44 bits per heavy atom. The first-order valence-corrected chi connectivity index (χ1v) is 6.29. The van der Waals surface area contributed by atoms with Crippen molar-refractivity contribution in [2.45, 2.75) is 31.6 Å². The first-order valence-electron chi connectivity index (χ1n) is 5.41. The van der Waals surface area contributed by atoms with Gasteiger partial charge in [-0.15, -0.1) is 0 Å². The maximum Gasteiger partial charge on any atom is 0.243 e. The van der Waals surface area contributed by atoms with E-state index in [9.17, 15) is 4.79 Å². The predicted molar refractivity (Wildman–Crippen MR) is 66.6 cm³/mol. The molecule has 1 aliphatic rings. The summed E-state index contributed by atoms with van der Waals surface area (Å²) in [6.45, 7) is 5.30. The molecule has 1 fully saturated rings. The lowest BCUT2D eigenvalue weighted by Crippen LogP contribution is -2.38. The lowest BCUT2D eigenvalue weighted by atomic mass is 10.2. The third-order valence-corrected chi connectivity index (χ3v) is 3.17. The average Bonchev–Trinajstić information content (AvgIpc) is 2.15. The van der Waals surface area contributed by atoms with Gasteiger partial charge in [0.05, 0.1) is 13.2 Å². The van der Waals surface area contributed by atoms with Crippen LogP contribution in [0.15, 0.2) is 4.99 Å². The largest absolute Gasteiger partial charge is 0.370 e. The third kappa shape index (κ3) is 5.37. The number of amides is 1. The first kappa shape index (κ1) is 13.3. The molecule has 0 bridgehead atoms. The van der Waals surface area contributed by atoms with Crippen LogP contribution in [0.1, 0.15) is 20.3 Å². The second-order valence-electron chi connectivity index (χ2n) is 3.92. The maximum absolute atomic E-state index is 10.4. The Balaban J connectivity index is 2.20. The summed E-state index contributed by atoms with van der Waals surface area (Å²) >= 11 is 1.75. The summed E-state index contributed by atoms with van der Waals surface area (Å²) in [4.78, 5) is 14.8. The van der Waals surface area contributed by atoms with E-state index >= 15 is 0 Å². The van der Waals surface area contributed by atoms with Gasteiger partial charge in [0.2, 0.25) is 5.91 Å². The highest BCUT2D eigenvalue weighted by atomic mass is 32.2. The minimum Gasteiger partial charge on any atom is -0.370 e. The van der Waals surface area contributed by atoms with Crippen molar-refractivity contribution in [2.75, 3.05) is 19.8 Å². The smallest absolute Gasteiger partial charge is 0.243 e. The molecule has 2 atom stereocenters. The summed E-state index contributed by atoms with van der Waals surface area (Å²) < 4.78 is 5.02. The van der Waals surface area contributed by atoms with E-state index in [1.54, 1.807) is 11.8 Å². The van der Waals surface area contributed by atoms with Crippen molar-refractivity contribution in [3.05, 3.63) is 0 Å². The van der Waals surface area contributed by atoms with Crippen molar-refractivity contribution in [2.24, 2.45) is 10.7 Å². The van der Waals surface area contributed by atoms with Crippen LogP contribution in [0.3, 0.4) is 0 Å². The molecule has 92 valence electrons. The molecule has 0 aromatic carbocycles. The molecule has 5 nitrogen and oxygen atoms in total. The van der Waals surface area contributed by atoms with Gasteiger partial charge in [-0.25, -0.2) is 0 Å². The van der Waals surface area contributed by atoms with Crippen molar-refractivity contribution in [1.82, 2.24) is 5.32 Å². The molecule has 1 saturated heterocycles. The van der Waals surface area contributed by atoms with Gasteiger partial charge < -0.3 is 15.8 Å². The van der Waals surface area contributed by atoms with E-state index in [4.69, 9.17) is 10.5 Å². The zero-order chi connectivity index (χ0) is 12.0. The number of hydrogen-bond donors (Lipinski definition) is 2. The molecule has 0 radical (unpaired) electrons. The van der Waals surface area contributed by atoms with Crippen LogP contribution >= 0.6 is 11.8 Å². The number of thioether (sulfide) groups is 1. The van der Waals surface area contributed by atoms with Gasteiger partial charge in [0, 0.05) is 11.3 Å². The highest BCUT2D eigenvalue weighted by Crippen LogP contribution is 2.21. The van der Waals surface area contributed by atoms with Crippen molar-refractivity contribution < 1.29 is 9.53 Å². The molecule has 2 unspecified atom stereocenters. The number of nitrogens with two attached hydrogens (primary N) is 1. The second-order valence-corrected chi connectivity index (χ2v) is 5.34. The quantitative estimate of drug-likeness (QED) is 0.685. The van der Waals surface area contributed by atoms with Crippen molar-refractivity contribution in [3.63, 3.8) is 0 Å². The zero-order valence-electron chi connectivity index (χ0n) is 9.73. The lowest BCUT2D eigenvalue weighted by Gasteiger charge is -2.26. The van der Waals surface area contributed by atoms with Crippen LogP contribution in [-0.2, 0) is 9.53 Å². The molecule has 1 aliphatic heterocycles. The molecule has 0 aliphatic carbocycles. The summed E-state index contributed by atoms with van der Waals surface area (Å²) in [7, 11) is 0. The monoisotopic (exact) mass is 245 g/mol. The molecule has 0 aromatic heterocycles. The third-order valence-electron chi connectivity index (χ3n) is 2.10. The number of rotatable bonds is 5. The maximum atomic E-state index is 10.4. The Bertz CT molecular complexity index is 259. The van der Waals surface area contributed by atoms with Crippen LogP contribution in [-0.4, -0.2) is 42.1 Å². The van der Waals surface area contributed by atoms with E-state index in [0.29, 0.717) is 24.4 Å². The Hall–Kier alpha value is -0.750. The van der Waals surface area contributed by atoms with E-state index in [1.807, 2.05) is 0 Å². The van der Waals surface area contributed by atoms with Gasteiger partial charge >= 0.3 is 0 Å². The molecule has 0 spiro atoms. The fraction of sp³-hybridized carbons (Fsp3) is 0.800. The molecular weight excluding hydrogens is 226 g/mol. The SMILES string of the molecule is CC1CC(C)SC(=NCCOCC(N)=O)N1. The average molecular weight is 245 g/mol. The number of nitrogens with one attached hydrogen (secondary N) is 1. The normalized spacial score (nSPS) is 27.8. The molecule has 3 N–H and O–H groups in total. The van der Waals surface area contributed by atoms with E-state index in [0.717, 1.165) is 11.6 Å². The summed E-state index contributed by atoms with van der Waals surface area (Å²) in [6.07, 6.45) is 1.15. The standard InChI is InChI=1S/C10H19N3O2S/c1-7-5-8(2)16-10(13-7)12-3-4-15-6-9(11)14/h7-8H,3-6H2,1-2H3,(H2,11,14)(H,12,13). The number of nitrogens with zero attached hydrogens (tertiary/aromatic N) is 1. The van der Waals surface area contributed by atoms with Crippen LogP contribution in [0.4, 0.5) is 0 Å². The number of primary amides is 1. The van der Waals surface area contributed by atoms with Gasteiger partial charge in [0.1, 0.15) is 6.61 Å².